The number of oxazole rings is 1. The van der Waals surface area contributed by atoms with Gasteiger partial charge < -0.3 is 19.4 Å². The molecule has 2 N–H and O–H groups in total. The van der Waals surface area contributed by atoms with Crippen LogP contribution < -0.4 is 5.32 Å². The van der Waals surface area contributed by atoms with Crippen molar-refractivity contribution >= 4 is 11.1 Å². The molecule has 0 aliphatic heterocycles. The molecule has 1 aliphatic carbocycles. The highest BCUT2D eigenvalue weighted by molar-refractivity contribution is 5.92. The number of aliphatic hydroxyl groups excluding tert-OH is 1. The molecular weight excluding hydrogens is 538 g/mol. The van der Waals surface area contributed by atoms with Crippen LogP contribution in [0.1, 0.15) is 36.8 Å². The maximum atomic E-state index is 15.6. The smallest absolute Gasteiger partial charge is 0.420 e. The van der Waals surface area contributed by atoms with Gasteiger partial charge in [-0.2, -0.15) is 13.2 Å². The Bertz CT molecular complexity index is 1700. The van der Waals surface area contributed by atoms with E-state index in [-0.39, 0.29) is 29.6 Å². The summed E-state index contributed by atoms with van der Waals surface area (Å²) in [6.07, 6.45) is -0.586. The van der Waals surface area contributed by atoms with Crippen LogP contribution >= 0.6 is 0 Å². The normalized spacial score (nSPS) is 17.8. The molecule has 7 nitrogen and oxygen atoms in total. The van der Waals surface area contributed by atoms with Crippen molar-refractivity contribution in [1.82, 2.24) is 25.1 Å². The molecular formula is C30H27F4N5O2. The van der Waals surface area contributed by atoms with Gasteiger partial charge in [-0.15, -0.1) is 10.2 Å². The highest BCUT2D eigenvalue weighted by atomic mass is 19.4. The molecule has 5 aromatic rings. The van der Waals surface area contributed by atoms with Gasteiger partial charge in [0.05, 0.1) is 11.7 Å². The van der Waals surface area contributed by atoms with E-state index in [4.69, 9.17) is 4.42 Å². The summed E-state index contributed by atoms with van der Waals surface area (Å²) in [7, 11) is 1.69. The van der Waals surface area contributed by atoms with E-state index in [1.165, 1.54) is 18.5 Å². The molecule has 1 fully saturated rings. The van der Waals surface area contributed by atoms with Gasteiger partial charge in [0.2, 0.25) is 5.89 Å². The minimum atomic E-state index is -4.74. The number of hydrogen-bond acceptors (Lipinski definition) is 6. The van der Waals surface area contributed by atoms with Crippen LogP contribution in [0.5, 0.6) is 0 Å². The monoisotopic (exact) mass is 565 g/mol. The third kappa shape index (κ3) is 5.22. The average Bonchev–Trinajstić information content (AvgIpc) is 3.57. The van der Waals surface area contributed by atoms with Crippen LogP contribution in [0.25, 0.3) is 45.1 Å². The first-order valence-corrected chi connectivity index (χ1v) is 13.4. The molecule has 2 aromatic heterocycles. The maximum Gasteiger partial charge on any atom is 0.420 e. The van der Waals surface area contributed by atoms with Gasteiger partial charge in [0.25, 0.3) is 0 Å². The molecule has 0 saturated heterocycles. The molecule has 212 valence electrons. The molecule has 2 heterocycles. The van der Waals surface area contributed by atoms with Crippen LogP contribution in [-0.2, 0) is 19.8 Å². The number of nitrogens with one attached hydrogen (secondary N) is 1. The predicted octanol–water partition coefficient (Wildman–Crippen LogP) is 6.51. The molecule has 11 heteroatoms. The van der Waals surface area contributed by atoms with Crippen molar-refractivity contribution in [3.63, 3.8) is 0 Å². The van der Waals surface area contributed by atoms with Gasteiger partial charge in [0, 0.05) is 25.2 Å². The summed E-state index contributed by atoms with van der Waals surface area (Å²) < 4.78 is 65.7. The summed E-state index contributed by atoms with van der Waals surface area (Å²) in [5.41, 5.74) is 0.307. The lowest BCUT2D eigenvalue weighted by Gasteiger charge is -2.28. The van der Waals surface area contributed by atoms with E-state index in [1.54, 1.807) is 17.7 Å². The topological polar surface area (TPSA) is 89.0 Å². The Morgan fingerprint density at radius 1 is 1.05 bits per heavy atom. The van der Waals surface area contributed by atoms with Gasteiger partial charge in [-0.25, -0.2) is 9.37 Å². The Balaban J connectivity index is 1.51. The van der Waals surface area contributed by atoms with Crippen molar-refractivity contribution in [2.75, 3.05) is 0 Å². The Morgan fingerprint density at radius 3 is 2.54 bits per heavy atom. The summed E-state index contributed by atoms with van der Waals surface area (Å²) in [5, 5.41) is 21.5. The molecule has 0 spiro atoms. The molecule has 1 aliphatic rings. The van der Waals surface area contributed by atoms with Crippen molar-refractivity contribution in [2.24, 2.45) is 7.05 Å². The van der Waals surface area contributed by atoms with E-state index in [1.807, 2.05) is 30.3 Å². The molecule has 0 bridgehead atoms. The van der Waals surface area contributed by atoms with E-state index < -0.39 is 29.2 Å². The number of halogens is 4. The lowest BCUT2D eigenvalue weighted by Crippen LogP contribution is -2.41. The second-order valence-electron chi connectivity index (χ2n) is 10.3. The number of alkyl halides is 3. The van der Waals surface area contributed by atoms with E-state index in [0.29, 0.717) is 28.9 Å². The molecule has 6 rings (SSSR count). The standard InChI is InChI=1S/C30H27F4N5O2/c1-39-16-36-38-28(39)25-19(18-7-3-2-4-8-18)11-12-21(31)26(25)29-37-23-14-17(13-20(27(23)41-29)30(32,33)34)15-35-22-9-5-6-10-24(22)40/h2-4,7-8,11-14,16,22,24,35,40H,5-6,9-10,15H2,1H3. The first-order valence-electron chi connectivity index (χ1n) is 13.4. The molecule has 1 saturated carbocycles. The third-order valence-electron chi connectivity index (χ3n) is 7.54. The minimum Gasteiger partial charge on any atom is -0.435 e. The first kappa shape index (κ1) is 27.1. The van der Waals surface area contributed by atoms with E-state index in [9.17, 15) is 18.3 Å². The van der Waals surface area contributed by atoms with Crippen LogP contribution in [0, 0.1) is 5.82 Å². The lowest BCUT2D eigenvalue weighted by atomic mass is 9.92. The number of aliphatic hydroxyl groups is 1. The maximum absolute atomic E-state index is 15.6. The zero-order chi connectivity index (χ0) is 28.7. The third-order valence-corrected chi connectivity index (χ3v) is 7.54. The van der Waals surface area contributed by atoms with Gasteiger partial charge in [-0.3, -0.25) is 0 Å². The van der Waals surface area contributed by atoms with Crippen LogP contribution in [0.4, 0.5) is 17.6 Å². The zero-order valence-corrected chi connectivity index (χ0v) is 22.1. The number of rotatable bonds is 6. The second-order valence-corrected chi connectivity index (χ2v) is 10.3. The van der Waals surface area contributed by atoms with Crippen LogP contribution in [0.2, 0.25) is 0 Å². The van der Waals surface area contributed by atoms with E-state index >= 15 is 4.39 Å². The minimum absolute atomic E-state index is 0.0516. The summed E-state index contributed by atoms with van der Waals surface area (Å²) in [4.78, 5) is 4.38. The predicted molar refractivity (Wildman–Crippen MR) is 145 cm³/mol. The molecule has 0 amide bonds. The highest BCUT2D eigenvalue weighted by Gasteiger charge is 2.36. The van der Waals surface area contributed by atoms with Gasteiger partial charge in [-0.05, 0) is 47.7 Å². The lowest BCUT2D eigenvalue weighted by molar-refractivity contribution is -0.136. The highest BCUT2D eigenvalue weighted by Crippen LogP contribution is 2.43. The van der Waals surface area contributed by atoms with Crippen molar-refractivity contribution in [3.8, 4) is 34.0 Å². The molecule has 2 atom stereocenters. The van der Waals surface area contributed by atoms with Crippen molar-refractivity contribution in [1.29, 1.82) is 0 Å². The SMILES string of the molecule is Cn1cnnc1-c1c(-c2ccccc2)ccc(F)c1-c1nc2cc(CNC3CCCCC3O)cc(C(F)(F)F)c2o1. The number of aromatic nitrogens is 4. The van der Waals surface area contributed by atoms with Gasteiger partial charge in [0.1, 0.15) is 23.2 Å². The average molecular weight is 566 g/mol. The summed E-state index contributed by atoms with van der Waals surface area (Å²) >= 11 is 0. The fourth-order valence-corrected chi connectivity index (χ4v) is 5.50. The number of aryl methyl sites for hydroxylation is 1. The quantitative estimate of drug-likeness (QED) is 0.228. The first-order chi connectivity index (χ1) is 19.7. The Morgan fingerprint density at radius 2 is 1.83 bits per heavy atom. The fourth-order valence-electron chi connectivity index (χ4n) is 5.50. The van der Waals surface area contributed by atoms with Gasteiger partial charge in [-0.1, -0.05) is 49.2 Å². The Hall–Kier alpha value is -4.09. The zero-order valence-electron chi connectivity index (χ0n) is 22.1. The molecule has 2 unspecified atom stereocenters. The van der Waals surface area contributed by atoms with Crippen molar-refractivity contribution < 1.29 is 27.1 Å². The van der Waals surface area contributed by atoms with Gasteiger partial charge >= 0.3 is 6.18 Å². The second kappa shape index (κ2) is 10.7. The number of hydrogen-bond donors (Lipinski definition) is 2. The number of fused-ring (bicyclic) bond motifs is 1. The summed E-state index contributed by atoms with van der Waals surface area (Å²) in [5.74, 6) is -0.727. The van der Waals surface area contributed by atoms with Crippen LogP contribution in [-0.4, -0.2) is 37.0 Å². The van der Waals surface area contributed by atoms with Crippen LogP contribution in [0.15, 0.2) is 65.3 Å². The molecule has 3 aromatic carbocycles. The molecule has 0 radical (unpaired) electrons. The van der Waals surface area contributed by atoms with E-state index in [0.717, 1.165) is 30.9 Å². The van der Waals surface area contributed by atoms with Crippen LogP contribution in [0.3, 0.4) is 0 Å². The Labute approximate surface area is 232 Å². The largest absolute Gasteiger partial charge is 0.435 e. The summed E-state index contributed by atoms with van der Waals surface area (Å²) in [6, 6.07) is 14.3. The Kier molecular flexibility index (Phi) is 7.08. The fraction of sp³-hybridized carbons (Fsp3) is 0.300. The number of benzene rings is 3. The summed E-state index contributed by atoms with van der Waals surface area (Å²) in [6.45, 7) is 0.102. The van der Waals surface area contributed by atoms with E-state index in [2.05, 4.69) is 20.5 Å². The van der Waals surface area contributed by atoms with Crippen molar-refractivity contribution in [3.05, 3.63) is 77.9 Å². The molecule has 41 heavy (non-hydrogen) atoms. The van der Waals surface area contributed by atoms with Crippen molar-refractivity contribution in [2.45, 2.75) is 50.6 Å². The van der Waals surface area contributed by atoms with Gasteiger partial charge in [0.15, 0.2) is 11.4 Å². The number of nitrogens with zero attached hydrogens (tertiary/aromatic N) is 4.